The fourth-order valence-corrected chi connectivity index (χ4v) is 7.08. The molecule has 0 saturated carbocycles. The SMILES string of the molecule is CC/C=C\C/C=C\C/C=C\C/C=C\C/C=C\C/C=C\C/C=C\C/C=C\CCCCC(=O)OCC(COC(=O)CCCCCCCCCCCC)OC(=O)CCC/C=C\C/C=C\C/C=C\C/C=C\C/C=C\CC. The van der Waals surface area contributed by atoms with Crippen LogP contribution in [-0.2, 0) is 28.6 Å². The van der Waals surface area contributed by atoms with Crippen LogP contribution in [-0.4, -0.2) is 37.2 Å². The van der Waals surface area contributed by atoms with Gasteiger partial charge in [0.05, 0.1) is 0 Å². The molecule has 1 atom stereocenters. The van der Waals surface area contributed by atoms with Crippen molar-refractivity contribution in [3.8, 4) is 0 Å². The van der Waals surface area contributed by atoms with Crippen molar-refractivity contribution in [1.29, 1.82) is 0 Å². The Morgan fingerprint density at radius 1 is 0.292 bits per heavy atom. The molecule has 0 aromatic heterocycles. The summed E-state index contributed by atoms with van der Waals surface area (Å²) in [5.74, 6) is -1.04. The molecule has 0 bridgehead atoms. The van der Waals surface area contributed by atoms with Crippen LogP contribution in [0.5, 0.6) is 0 Å². The summed E-state index contributed by atoms with van der Waals surface area (Å²) in [4.78, 5) is 38.0. The zero-order valence-electron chi connectivity index (χ0n) is 45.9. The number of carbonyl (C=O) groups excluding carboxylic acids is 3. The van der Waals surface area contributed by atoms with Crippen LogP contribution in [0.3, 0.4) is 0 Å². The highest BCUT2D eigenvalue weighted by Gasteiger charge is 2.19. The zero-order chi connectivity index (χ0) is 52.2. The van der Waals surface area contributed by atoms with Crippen molar-refractivity contribution in [2.75, 3.05) is 13.2 Å². The molecule has 0 rings (SSSR count). The molecule has 0 radical (unpaired) electrons. The summed E-state index contributed by atoms with van der Waals surface area (Å²) in [6.45, 7) is 6.29. The number of hydrogen-bond donors (Lipinski definition) is 0. The summed E-state index contributed by atoms with van der Waals surface area (Å²) >= 11 is 0. The zero-order valence-corrected chi connectivity index (χ0v) is 45.9. The molecule has 0 fully saturated rings. The van der Waals surface area contributed by atoms with Crippen molar-refractivity contribution in [2.45, 2.75) is 226 Å². The van der Waals surface area contributed by atoms with Crippen molar-refractivity contribution in [3.05, 3.63) is 158 Å². The molecule has 0 aliphatic carbocycles. The van der Waals surface area contributed by atoms with Gasteiger partial charge in [0, 0.05) is 19.3 Å². The van der Waals surface area contributed by atoms with E-state index in [-0.39, 0.29) is 44.0 Å². The van der Waals surface area contributed by atoms with Gasteiger partial charge in [-0.05, 0) is 122 Å². The van der Waals surface area contributed by atoms with Gasteiger partial charge in [-0.2, -0.15) is 0 Å². The van der Waals surface area contributed by atoms with E-state index >= 15 is 0 Å². The van der Waals surface area contributed by atoms with Crippen LogP contribution in [0.1, 0.15) is 220 Å². The molecular weight excluding hydrogens is 889 g/mol. The largest absolute Gasteiger partial charge is 0.462 e. The molecule has 0 aromatic rings. The van der Waals surface area contributed by atoms with E-state index in [0.717, 1.165) is 122 Å². The second-order valence-corrected chi connectivity index (χ2v) is 18.1. The fraction of sp³-hybridized carbons (Fsp3) is 0.561. The molecule has 0 heterocycles. The normalized spacial score (nSPS) is 13.3. The van der Waals surface area contributed by atoms with Gasteiger partial charge in [0.2, 0.25) is 0 Å². The Kier molecular flexibility index (Phi) is 54.6. The van der Waals surface area contributed by atoms with Gasteiger partial charge < -0.3 is 14.2 Å². The molecular formula is C66H102O6. The first-order valence-corrected chi connectivity index (χ1v) is 28.5. The fourth-order valence-electron chi connectivity index (χ4n) is 7.08. The van der Waals surface area contributed by atoms with Gasteiger partial charge in [0.25, 0.3) is 0 Å². The summed E-state index contributed by atoms with van der Waals surface area (Å²) in [6.07, 6.45) is 85.3. The van der Waals surface area contributed by atoms with Crippen LogP contribution in [0, 0.1) is 0 Å². The molecule has 0 amide bonds. The summed E-state index contributed by atoms with van der Waals surface area (Å²) < 4.78 is 16.7. The molecule has 402 valence electrons. The quantitative estimate of drug-likeness (QED) is 0.0262. The highest BCUT2D eigenvalue weighted by Crippen LogP contribution is 2.13. The molecule has 0 saturated heterocycles. The van der Waals surface area contributed by atoms with Crippen LogP contribution in [0.25, 0.3) is 0 Å². The van der Waals surface area contributed by atoms with E-state index in [4.69, 9.17) is 14.2 Å². The Balaban J connectivity index is 4.48. The number of allylic oxidation sites excluding steroid dienone is 26. The van der Waals surface area contributed by atoms with Gasteiger partial charge in [0.1, 0.15) is 13.2 Å². The van der Waals surface area contributed by atoms with Gasteiger partial charge in [0.15, 0.2) is 6.10 Å². The summed E-state index contributed by atoms with van der Waals surface area (Å²) in [5, 5.41) is 0. The maximum absolute atomic E-state index is 12.8. The smallest absolute Gasteiger partial charge is 0.306 e. The second-order valence-electron chi connectivity index (χ2n) is 18.1. The van der Waals surface area contributed by atoms with E-state index in [1.807, 2.05) is 0 Å². The predicted molar refractivity (Wildman–Crippen MR) is 311 cm³/mol. The van der Waals surface area contributed by atoms with E-state index < -0.39 is 6.10 Å². The number of rotatable bonds is 49. The molecule has 0 aliphatic heterocycles. The molecule has 1 unspecified atom stereocenters. The Labute approximate surface area is 441 Å². The van der Waals surface area contributed by atoms with E-state index in [0.29, 0.717) is 19.3 Å². The molecule has 0 spiro atoms. The van der Waals surface area contributed by atoms with Crippen LogP contribution in [0.15, 0.2) is 158 Å². The van der Waals surface area contributed by atoms with Crippen LogP contribution in [0.4, 0.5) is 0 Å². The van der Waals surface area contributed by atoms with Gasteiger partial charge in [-0.1, -0.05) is 237 Å². The lowest BCUT2D eigenvalue weighted by Gasteiger charge is -2.18. The first-order valence-electron chi connectivity index (χ1n) is 28.5. The van der Waals surface area contributed by atoms with Crippen molar-refractivity contribution >= 4 is 17.9 Å². The van der Waals surface area contributed by atoms with Gasteiger partial charge in [-0.3, -0.25) is 14.4 Å². The van der Waals surface area contributed by atoms with Crippen LogP contribution in [0.2, 0.25) is 0 Å². The van der Waals surface area contributed by atoms with Gasteiger partial charge in [-0.15, -0.1) is 0 Å². The predicted octanol–water partition coefficient (Wildman–Crippen LogP) is 19.4. The van der Waals surface area contributed by atoms with E-state index in [1.54, 1.807) is 0 Å². The third-order valence-electron chi connectivity index (χ3n) is 11.3. The van der Waals surface area contributed by atoms with E-state index in [2.05, 4.69) is 179 Å². The van der Waals surface area contributed by atoms with E-state index in [1.165, 1.54) is 44.9 Å². The third kappa shape index (κ3) is 56.0. The first kappa shape index (κ1) is 67.0. The summed E-state index contributed by atoms with van der Waals surface area (Å²) in [6, 6.07) is 0. The second kappa shape index (κ2) is 58.6. The lowest BCUT2D eigenvalue weighted by Crippen LogP contribution is -2.30. The minimum atomic E-state index is -0.831. The van der Waals surface area contributed by atoms with Crippen molar-refractivity contribution in [2.24, 2.45) is 0 Å². The van der Waals surface area contributed by atoms with Crippen LogP contribution >= 0.6 is 0 Å². The Morgan fingerprint density at radius 3 is 0.889 bits per heavy atom. The standard InChI is InChI=1S/C66H102O6/c1-4-7-10-13-16-19-22-24-26-28-29-30-31-32-33-34-35-36-37-39-40-42-44-47-50-53-56-59-65(68)71-62-63(61-70-64(67)58-55-52-49-46-21-18-15-12-9-6-3)72-66(69)60-57-54-51-48-45-43-41-38-27-25-23-20-17-14-11-8-5-2/h7-8,10-11,16-17,19-20,24-27,29-30,32-33,35-36,39-41,43-44,47-48,51,63H,4-6,9,12-15,18,21-23,28,31,34,37-38,42,45-46,49-50,52-62H2,1-3H3/b10-7-,11-8-,19-16-,20-17-,26-24-,27-25-,30-29-,33-32-,36-35-,40-39-,43-41-,47-44-,51-48-. The maximum atomic E-state index is 12.8. The Hall–Kier alpha value is -4.97. The number of ether oxygens (including phenoxy) is 3. The lowest BCUT2D eigenvalue weighted by atomic mass is 10.1. The molecule has 0 aliphatic rings. The highest BCUT2D eigenvalue weighted by atomic mass is 16.6. The number of unbranched alkanes of at least 4 members (excludes halogenated alkanes) is 12. The molecule has 0 aromatic carbocycles. The van der Waals surface area contributed by atoms with Crippen molar-refractivity contribution in [3.63, 3.8) is 0 Å². The molecule has 6 heteroatoms. The van der Waals surface area contributed by atoms with Gasteiger partial charge >= 0.3 is 17.9 Å². The summed E-state index contributed by atoms with van der Waals surface area (Å²) in [5.41, 5.74) is 0. The monoisotopic (exact) mass is 991 g/mol. The van der Waals surface area contributed by atoms with Crippen molar-refractivity contribution in [1.82, 2.24) is 0 Å². The summed E-state index contributed by atoms with van der Waals surface area (Å²) in [7, 11) is 0. The highest BCUT2D eigenvalue weighted by molar-refractivity contribution is 5.71. The lowest BCUT2D eigenvalue weighted by molar-refractivity contribution is -0.167. The molecule has 0 N–H and O–H groups in total. The van der Waals surface area contributed by atoms with E-state index in [9.17, 15) is 14.4 Å². The number of hydrogen-bond acceptors (Lipinski definition) is 6. The van der Waals surface area contributed by atoms with Gasteiger partial charge in [-0.25, -0.2) is 0 Å². The third-order valence-corrected chi connectivity index (χ3v) is 11.3. The maximum Gasteiger partial charge on any atom is 0.306 e. The average molecular weight is 992 g/mol. The topological polar surface area (TPSA) is 78.9 Å². The Bertz CT molecular complexity index is 1660. The number of esters is 3. The minimum absolute atomic E-state index is 0.120. The van der Waals surface area contributed by atoms with Crippen LogP contribution < -0.4 is 0 Å². The van der Waals surface area contributed by atoms with Crippen molar-refractivity contribution < 1.29 is 28.6 Å². The Morgan fingerprint density at radius 2 is 0.556 bits per heavy atom. The average Bonchev–Trinajstić information content (AvgIpc) is 3.38. The first-order chi connectivity index (χ1) is 35.5. The molecule has 72 heavy (non-hydrogen) atoms. The minimum Gasteiger partial charge on any atom is -0.462 e. The molecule has 6 nitrogen and oxygen atoms in total. The number of carbonyl (C=O) groups is 3.